The summed E-state index contributed by atoms with van der Waals surface area (Å²) in [7, 11) is 1.57. The summed E-state index contributed by atoms with van der Waals surface area (Å²) in [6, 6.07) is 5.30. The van der Waals surface area contributed by atoms with Crippen molar-refractivity contribution in [3.8, 4) is 11.5 Å². The van der Waals surface area contributed by atoms with E-state index in [1.165, 1.54) is 6.21 Å². The molecule has 0 heterocycles. The molecule has 0 unspecified atom stereocenters. The van der Waals surface area contributed by atoms with E-state index in [4.69, 9.17) is 14.7 Å². The van der Waals surface area contributed by atoms with Gasteiger partial charge in [-0.25, -0.2) is 0 Å². The van der Waals surface area contributed by atoms with Gasteiger partial charge < -0.3 is 14.7 Å². The molecule has 0 fully saturated rings. The van der Waals surface area contributed by atoms with Crippen LogP contribution >= 0.6 is 0 Å². The molecule has 0 amide bonds. The molecule has 0 aromatic heterocycles. The number of ether oxygens (including phenoxy) is 2. The first-order valence-corrected chi connectivity index (χ1v) is 4.30. The van der Waals surface area contributed by atoms with E-state index in [-0.39, 0.29) is 0 Å². The first-order valence-electron chi connectivity index (χ1n) is 4.30. The van der Waals surface area contributed by atoms with E-state index >= 15 is 0 Å². The molecule has 0 aliphatic rings. The van der Waals surface area contributed by atoms with Gasteiger partial charge in [-0.2, -0.15) is 0 Å². The maximum absolute atomic E-state index is 8.35. The minimum atomic E-state index is 0.587. The van der Waals surface area contributed by atoms with E-state index < -0.39 is 0 Å². The lowest BCUT2D eigenvalue weighted by Gasteiger charge is -2.08. The second-order valence-corrected chi connectivity index (χ2v) is 2.59. The molecule has 4 nitrogen and oxygen atoms in total. The van der Waals surface area contributed by atoms with Crippen molar-refractivity contribution in [1.82, 2.24) is 0 Å². The largest absolute Gasteiger partial charge is 0.493 e. The summed E-state index contributed by atoms with van der Waals surface area (Å²) < 4.78 is 10.4. The molecule has 0 spiro atoms. The Morgan fingerprint density at radius 1 is 1.43 bits per heavy atom. The van der Waals surface area contributed by atoms with Crippen molar-refractivity contribution < 1.29 is 14.7 Å². The van der Waals surface area contributed by atoms with E-state index in [1.54, 1.807) is 25.3 Å². The summed E-state index contributed by atoms with van der Waals surface area (Å²) in [4.78, 5) is 0. The monoisotopic (exact) mass is 195 g/mol. The molecule has 1 rings (SSSR count). The number of oxime groups is 1. The molecule has 1 N–H and O–H groups in total. The minimum Gasteiger partial charge on any atom is -0.493 e. The fraction of sp³-hybridized carbons (Fsp3) is 0.300. The second kappa shape index (κ2) is 5.11. The van der Waals surface area contributed by atoms with Crippen LogP contribution in [0.1, 0.15) is 12.5 Å². The van der Waals surface area contributed by atoms with Gasteiger partial charge >= 0.3 is 0 Å². The third-order valence-electron chi connectivity index (χ3n) is 1.69. The quantitative estimate of drug-likeness (QED) is 0.453. The molecule has 76 valence electrons. The van der Waals surface area contributed by atoms with Gasteiger partial charge in [0.2, 0.25) is 0 Å². The lowest BCUT2D eigenvalue weighted by Crippen LogP contribution is -1.96. The van der Waals surface area contributed by atoms with E-state index in [0.29, 0.717) is 18.1 Å². The number of methoxy groups -OCH3 is 1. The minimum absolute atomic E-state index is 0.587. The van der Waals surface area contributed by atoms with Crippen LogP contribution in [0.4, 0.5) is 0 Å². The van der Waals surface area contributed by atoms with Crippen molar-refractivity contribution in [3.05, 3.63) is 23.8 Å². The summed E-state index contributed by atoms with van der Waals surface area (Å²) >= 11 is 0. The predicted molar refractivity (Wildman–Crippen MR) is 53.5 cm³/mol. The third kappa shape index (κ3) is 2.39. The Hall–Kier alpha value is -1.71. The van der Waals surface area contributed by atoms with Crippen LogP contribution in [0, 0.1) is 0 Å². The van der Waals surface area contributed by atoms with Crippen molar-refractivity contribution in [3.63, 3.8) is 0 Å². The van der Waals surface area contributed by atoms with Crippen molar-refractivity contribution in [2.75, 3.05) is 13.7 Å². The number of benzene rings is 1. The predicted octanol–water partition coefficient (Wildman–Crippen LogP) is 1.90. The average Bonchev–Trinajstić information content (AvgIpc) is 2.21. The zero-order chi connectivity index (χ0) is 10.4. The highest BCUT2D eigenvalue weighted by molar-refractivity contribution is 5.80. The van der Waals surface area contributed by atoms with Crippen LogP contribution in [0.2, 0.25) is 0 Å². The fourth-order valence-electron chi connectivity index (χ4n) is 1.11. The van der Waals surface area contributed by atoms with Crippen LogP contribution in [-0.4, -0.2) is 25.1 Å². The van der Waals surface area contributed by atoms with E-state index in [1.807, 2.05) is 6.92 Å². The molecule has 0 aliphatic carbocycles. The third-order valence-corrected chi connectivity index (χ3v) is 1.69. The molecule has 0 aliphatic heterocycles. The Kier molecular flexibility index (Phi) is 3.79. The first-order chi connectivity index (χ1) is 6.81. The van der Waals surface area contributed by atoms with Crippen LogP contribution in [-0.2, 0) is 0 Å². The van der Waals surface area contributed by atoms with Gasteiger partial charge in [0, 0.05) is 5.56 Å². The van der Waals surface area contributed by atoms with Crippen LogP contribution in [0.3, 0.4) is 0 Å². The molecule has 4 heteroatoms. The van der Waals surface area contributed by atoms with Crippen molar-refractivity contribution in [2.24, 2.45) is 5.16 Å². The standard InChI is InChI=1S/C10H13NO3/c1-3-14-9-5-4-8(7-11-12)6-10(9)13-2/h4-7,12H,3H2,1-2H3/b11-7-. The Morgan fingerprint density at radius 2 is 2.21 bits per heavy atom. The smallest absolute Gasteiger partial charge is 0.161 e. The SMILES string of the molecule is CCOc1ccc(/C=N\O)cc1OC. The summed E-state index contributed by atoms with van der Waals surface area (Å²) in [5.74, 6) is 1.31. The van der Waals surface area contributed by atoms with E-state index in [0.717, 1.165) is 5.56 Å². The molecule has 1 aromatic rings. The highest BCUT2D eigenvalue weighted by atomic mass is 16.5. The normalized spacial score (nSPS) is 10.4. The van der Waals surface area contributed by atoms with Crippen molar-refractivity contribution in [2.45, 2.75) is 6.92 Å². The molecule has 0 saturated heterocycles. The first kappa shape index (κ1) is 10.4. The molecule has 0 radical (unpaired) electrons. The van der Waals surface area contributed by atoms with Crippen LogP contribution < -0.4 is 9.47 Å². The Morgan fingerprint density at radius 3 is 2.79 bits per heavy atom. The molecule has 0 saturated carbocycles. The second-order valence-electron chi connectivity index (χ2n) is 2.59. The van der Waals surface area contributed by atoms with E-state index in [9.17, 15) is 0 Å². The zero-order valence-corrected chi connectivity index (χ0v) is 8.23. The maximum atomic E-state index is 8.35. The van der Waals surface area contributed by atoms with Gasteiger partial charge in [-0.3, -0.25) is 0 Å². The Bertz CT molecular complexity index is 323. The Balaban J connectivity index is 2.98. The van der Waals surface area contributed by atoms with Gasteiger partial charge in [-0.1, -0.05) is 5.16 Å². The number of nitrogens with zero attached hydrogens (tertiary/aromatic N) is 1. The van der Waals surface area contributed by atoms with Gasteiger partial charge in [-0.05, 0) is 25.1 Å². The average molecular weight is 195 g/mol. The summed E-state index contributed by atoms with van der Waals surface area (Å²) in [6.45, 7) is 2.49. The molecule has 1 aromatic carbocycles. The van der Waals surface area contributed by atoms with Gasteiger partial charge in [0.05, 0.1) is 19.9 Å². The summed E-state index contributed by atoms with van der Waals surface area (Å²) in [5.41, 5.74) is 0.757. The lowest BCUT2D eigenvalue weighted by molar-refractivity contribution is 0.310. The van der Waals surface area contributed by atoms with Gasteiger partial charge in [0.15, 0.2) is 11.5 Å². The number of hydrogen-bond acceptors (Lipinski definition) is 4. The molecular formula is C10H13NO3. The Labute approximate surface area is 82.8 Å². The summed E-state index contributed by atoms with van der Waals surface area (Å²) in [6.07, 6.45) is 1.33. The lowest BCUT2D eigenvalue weighted by atomic mass is 10.2. The van der Waals surface area contributed by atoms with Gasteiger partial charge in [0.25, 0.3) is 0 Å². The van der Waals surface area contributed by atoms with Crippen molar-refractivity contribution in [1.29, 1.82) is 0 Å². The van der Waals surface area contributed by atoms with Crippen molar-refractivity contribution >= 4 is 6.21 Å². The molecule has 0 atom stereocenters. The van der Waals surface area contributed by atoms with Crippen LogP contribution in [0.15, 0.2) is 23.4 Å². The topological polar surface area (TPSA) is 51.0 Å². The summed E-state index contributed by atoms with van der Waals surface area (Å²) in [5, 5.41) is 11.3. The number of hydrogen-bond donors (Lipinski definition) is 1. The fourth-order valence-corrected chi connectivity index (χ4v) is 1.11. The zero-order valence-electron chi connectivity index (χ0n) is 8.23. The van der Waals surface area contributed by atoms with Gasteiger partial charge in [0.1, 0.15) is 0 Å². The van der Waals surface area contributed by atoms with Crippen LogP contribution in [0.25, 0.3) is 0 Å². The highest BCUT2D eigenvalue weighted by Crippen LogP contribution is 2.27. The highest BCUT2D eigenvalue weighted by Gasteiger charge is 2.03. The van der Waals surface area contributed by atoms with Gasteiger partial charge in [-0.15, -0.1) is 0 Å². The molecule has 14 heavy (non-hydrogen) atoms. The maximum Gasteiger partial charge on any atom is 0.161 e. The van der Waals surface area contributed by atoms with Crippen LogP contribution in [0.5, 0.6) is 11.5 Å². The number of rotatable bonds is 4. The van der Waals surface area contributed by atoms with E-state index in [2.05, 4.69) is 5.16 Å². The molecular weight excluding hydrogens is 182 g/mol. The molecule has 0 bridgehead atoms.